The summed E-state index contributed by atoms with van der Waals surface area (Å²) in [6, 6.07) is 21.5. The predicted molar refractivity (Wildman–Crippen MR) is 90.0 cm³/mol. The van der Waals surface area contributed by atoms with E-state index in [1.54, 1.807) is 0 Å². The van der Waals surface area contributed by atoms with Gasteiger partial charge in [0.2, 0.25) is 0 Å². The highest BCUT2D eigenvalue weighted by Gasteiger charge is 2.08. The van der Waals surface area contributed by atoms with Crippen molar-refractivity contribution in [2.75, 3.05) is 24.6 Å². The van der Waals surface area contributed by atoms with Gasteiger partial charge in [-0.05, 0) is 17.7 Å². The highest BCUT2D eigenvalue weighted by Crippen LogP contribution is 2.13. The van der Waals surface area contributed by atoms with Crippen LogP contribution in [0.5, 0.6) is 0 Å². The number of carbonyl (C=O) groups is 1. The van der Waals surface area contributed by atoms with Gasteiger partial charge in [-0.3, -0.25) is 4.79 Å². The third kappa shape index (κ3) is 5.84. The number of esters is 1. The summed E-state index contributed by atoms with van der Waals surface area (Å²) < 4.78 is 5.31. The highest BCUT2D eigenvalue weighted by atomic mass is 16.5. The van der Waals surface area contributed by atoms with Crippen LogP contribution in [-0.4, -0.2) is 25.7 Å². The Balaban J connectivity index is 1.82. The molecule has 0 fully saturated rings. The van der Waals surface area contributed by atoms with Crippen LogP contribution in [0.3, 0.4) is 0 Å². The molecule has 0 N–H and O–H groups in total. The number of rotatable bonds is 8. The number of nitrogens with zero attached hydrogens (tertiary/aromatic N) is 2. The van der Waals surface area contributed by atoms with Gasteiger partial charge >= 0.3 is 5.97 Å². The summed E-state index contributed by atoms with van der Waals surface area (Å²) >= 11 is 0. The van der Waals surface area contributed by atoms with Crippen LogP contribution < -0.4 is 4.90 Å². The first-order valence-electron chi connectivity index (χ1n) is 7.66. The lowest BCUT2D eigenvalue weighted by Crippen LogP contribution is -2.29. The van der Waals surface area contributed by atoms with Crippen molar-refractivity contribution in [3.63, 3.8) is 0 Å². The van der Waals surface area contributed by atoms with Crippen molar-refractivity contribution in [2.45, 2.75) is 12.8 Å². The fourth-order valence-electron chi connectivity index (χ4n) is 2.28. The zero-order valence-electron chi connectivity index (χ0n) is 13.0. The highest BCUT2D eigenvalue weighted by molar-refractivity contribution is 5.72. The van der Waals surface area contributed by atoms with Crippen LogP contribution in [0.25, 0.3) is 0 Å². The Hall–Kier alpha value is -2.80. The molecule has 4 heteroatoms. The number of hydrogen-bond acceptors (Lipinski definition) is 4. The van der Waals surface area contributed by atoms with Crippen LogP contribution in [-0.2, 0) is 16.0 Å². The molecule has 0 radical (unpaired) electrons. The summed E-state index contributed by atoms with van der Waals surface area (Å²) in [6.07, 6.45) is 0.719. The lowest BCUT2D eigenvalue weighted by atomic mass is 10.2. The monoisotopic (exact) mass is 308 g/mol. The molecule has 0 saturated heterocycles. The molecule has 0 amide bonds. The smallest absolute Gasteiger partial charge is 0.310 e. The minimum atomic E-state index is -0.232. The molecule has 0 aliphatic heterocycles. The number of para-hydroxylation sites is 1. The van der Waals surface area contributed by atoms with E-state index in [1.807, 2.05) is 60.7 Å². The first-order valence-corrected chi connectivity index (χ1v) is 7.66. The third-order valence-corrected chi connectivity index (χ3v) is 3.43. The normalized spacial score (nSPS) is 9.87. The minimum Gasteiger partial charge on any atom is -0.464 e. The van der Waals surface area contributed by atoms with Gasteiger partial charge in [0.1, 0.15) is 6.61 Å². The van der Waals surface area contributed by atoms with E-state index in [0.717, 1.165) is 11.3 Å². The maximum Gasteiger partial charge on any atom is 0.310 e. The molecule has 0 bridgehead atoms. The third-order valence-electron chi connectivity index (χ3n) is 3.43. The molecule has 23 heavy (non-hydrogen) atoms. The Bertz CT molecular complexity index is 635. The van der Waals surface area contributed by atoms with Gasteiger partial charge < -0.3 is 9.64 Å². The van der Waals surface area contributed by atoms with E-state index in [4.69, 9.17) is 10.00 Å². The molecule has 0 spiro atoms. The molecule has 0 heterocycles. The molecular formula is C19H20N2O2. The quantitative estimate of drug-likeness (QED) is 0.703. The van der Waals surface area contributed by atoms with E-state index in [2.05, 4.69) is 11.0 Å². The van der Waals surface area contributed by atoms with Gasteiger partial charge in [-0.1, -0.05) is 48.5 Å². The van der Waals surface area contributed by atoms with Gasteiger partial charge in [0.15, 0.2) is 0 Å². The molecule has 0 aliphatic rings. The molecule has 0 unspecified atom stereocenters. The molecule has 2 rings (SSSR count). The van der Waals surface area contributed by atoms with E-state index in [-0.39, 0.29) is 12.4 Å². The SMILES string of the molecule is N#CCCN(CCOC(=O)Cc1ccccc1)c1ccccc1. The number of nitriles is 1. The lowest BCUT2D eigenvalue weighted by molar-refractivity contribution is -0.142. The predicted octanol–water partition coefficient (Wildman–Crippen LogP) is 3.19. The van der Waals surface area contributed by atoms with Crippen LogP contribution in [0.4, 0.5) is 5.69 Å². The Morgan fingerprint density at radius 2 is 1.65 bits per heavy atom. The Morgan fingerprint density at radius 1 is 1.00 bits per heavy atom. The van der Waals surface area contributed by atoms with Gasteiger partial charge in [0, 0.05) is 12.2 Å². The first-order chi connectivity index (χ1) is 11.3. The van der Waals surface area contributed by atoms with Crippen molar-refractivity contribution in [3.8, 4) is 6.07 Å². The average Bonchev–Trinajstić information content (AvgIpc) is 2.59. The van der Waals surface area contributed by atoms with Crippen LogP contribution in [0.15, 0.2) is 60.7 Å². The molecule has 2 aromatic rings. The molecule has 0 saturated carbocycles. The fourth-order valence-corrected chi connectivity index (χ4v) is 2.28. The average molecular weight is 308 g/mol. The summed E-state index contributed by atoms with van der Waals surface area (Å²) in [7, 11) is 0. The molecule has 118 valence electrons. The standard InChI is InChI=1S/C19H20N2O2/c20-12-7-13-21(18-10-5-2-6-11-18)14-15-23-19(22)16-17-8-3-1-4-9-17/h1-6,8-11H,7,13-16H2. The van der Waals surface area contributed by atoms with E-state index < -0.39 is 0 Å². The molecule has 0 aliphatic carbocycles. The van der Waals surface area contributed by atoms with Gasteiger partial charge in [0.05, 0.1) is 25.5 Å². The maximum atomic E-state index is 11.9. The van der Waals surface area contributed by atoms with Gasteiger partial charge in [-0.2, -0.15) is 5.26 Å². The van der Waals surface area contributed by atoms with Gasteiger partial charge in [-0.15, -0.1) is 0 Å². The van der Waals surface area contributed by atoms with Crippen molar-refractivity contribution >= 4 is 11.7 Å². The molecule has 4 nitrogen and oxygen atoms in total. The Labute approximate surface area is 136 Å². The number of carbonyl (C=O) groups excluding carboxylic acids is 1. The second kappa shape index (κ2) is 9.26. The van der Waals surface area contributed by atoms with Crippen molar-refractivity contribution in [2.24, 2.45) is 0 Å². The largest absolute Gasteiger partial charge is 0.464 e. The maximum absolute atomic E-state index is 11.9. The summed E-state index contributed by atoms with van der Waals surface area (Å²) in [6.45, 7) is 1.51. The number of anilines is 1. The topological polar surface area (TPSA) is 53.3 Å². The van der Waals surface area contributed by atoms with Crippen molar-refractivity contribution in [1.29, 1.82) is 5.26 Å². The number of ether oxygens (including phenoxy) is 1. The van der Waals surface area contributed by atoms with E-state index in [9.17, 15) is 4.79 Å². The van der Waals surface area contributed by atoms with Crippen molar-refractivity contribution in [1.82, 2.24) is 0 Å². The van der Waals surface area contributed by atoms with E-state index in [1.165, 1.54) is 0 Å². The number of benzene rings is 2. The fraction of sp³-hybridized carbons (Fsp3) is 0.263. The van der Waals surface area contributed by atoms with E-state index in [0.29, 0.717) is 26.1 Å². The second-order valence-corrected chi connectivity index (χ2v) is 5.11. The molecule has 0 atom stereocenters. The Kier molecular flexibility index (Phi) is 6.67. The van der Waals surface area contributed by atoms with Crippen LogP contribution >= 0.6 is 0 Å². The summed E-state index contributed by atoms with van der Waals surface area (Å²) in [5.74, 6) is -0.232. The molecular weight excluding hydrogens is 288 g/mol. The minimum absolute atomic E-state index is 0.232. The van der Waals surface area contributed by atoms with Gasteiger partial charge in [0.25, 0.3) is 0 Å². The molecule has 0 aromatic heterocycles. The van der Waals surface area contributed by atoms with Crippen LogP contribution in [0.1, 0.15) is 12.0 Å². The number of hydrogen-bond donors (Lipinski definition) is 0. The van der Waals surface area contributed by atoms with E-state index >= 15 is 0 Å². The van der Waals surface area contributed by atoms with Crippen LogP contribution in [0.2, 0.25) is 0 Å². The zero-order chi connectivity index (χ0) is 16.3. The summed E-state index contributed by atoms with van der Waals surface area (Å²) in [5, 5.41) is 8.78. The summed E-state index contributed by atoms with van der Waals surface area (Å²) in [4.78, 5) is 13.9. The van der Waals surface area contributed by atoms with Crippen LogP contribution in [0, 0.1) is 11.3 Å². The molecule has 2 aromatic carbocycles. The van der Waals surface area contributed by atoms with Crippen molar-refractivity contribution in [3.05, 3.63) is 66.2 Å². The Morgan fingerprint density at radius 3 is 2.30 bits per heavy atom. The van der Waals surface area contributed by atoms with Gasteiger partial charge in [-0.25, -0.2) is 0 Å². The van der Waals surface area contributed by atoms with Crippen molar-refractivity contribution < 1.29 is 9.53 Å². The second-order valence-electron chi connectivity index (χ2n) is 5.11. The lowest BCUT2D eigenvalue weighted by Gasteiger charge is -2.23. The zero-order valence-corrected chi connectivity index (χ0v) is 13.0. The summed E-state index contributed by atoms with van der Waals surface area (Å²) in [5.41, 5.74) is 1.98. The first kappa shape index (κ1) is 16.6.